The van der Waals surface area contributed by atoms with Gasteiger partial charge in [0.15, 0.2) is 5.78 Å². The van der Waals surface area contributed by atoms with Crippen molar-refractivity contribution in [3.63, 3.8) is 0 Å². The van der Waals surface area contributed by atoms with Crippen molar-refractivity contribution in [3.05, 3.63) is 57.6 Å². The van der Waals surface area contributed by atoms with Crippen molar-refractivity contribution in [1.29, 1.82) is 0 Å². The van der Waals surface area contributed by atoms with Gasteiger partial charge in [-0.25, -0.2) is 9.07 Å². The van der Waals surface area contributed by atoms with Crippen LogP contribution in [0.4, 0.5) is 10.2 Å². The number of allylic oxidation sites excluding steroid dienone is 2. The van der Waals surface area contributed by atoms with E-state index in [1.54, 1.807) is 23.0 Å². The smallest absolute Gasteiger partial charge is 0.163 e. The maximum Gasteiger partial charge on any atom is 0.163 e. The lowest BCUT2D eigenvalue weighted by atomic mass is 9.85. The summed E-state index contributed by atoms with van der Waals surface area (Å²) in [4.78, 5) is 12.5. The Morgan fingerprint density at radius 2 is 2.18 bits per heavy atom. The molecule has 2 heterocycles. The van der Waals surface area contributed by atoms with Crippen LogP contribution < -0.4 is 5.32 Å². The first-order valence-corrected chi connectivity index (χ1v) is 7.96. The highest BCUT2D eigenvalue weighted by Gasteiger charge is 2.35. The monoisotopic (exact) mass is 361 g/mol. The lowest BCUT2D eigenvalue weighted by Crippen LogP contribution is -2.31. The molecule has 2 aliphatic rings. The van der Waals surface area contributed by atoms with E-state index in [2.05, 4.69) is 26.3 Å². The number of hydrogen-bond donors (Lipinski definition) is 1. The third kappa shape index (κ3) is 2.01. The van der Waals surface area contributed by atoms with Gasteiger partial charge < -0.3 is 5.32 Å². The van der Waals surface area contributed by atoms with Crippen molar-refractivity contribution in [3.8, 4) is 0 Å². The Kier molecular flexibility index (Phi) is 3.14. The molecule has 0 unspecified atom stereocenters. The molecule has 1 N–H and O–H groups in total. The lowest BCUT2D eigenvalue weighted by molar-refractivity contribution is -0.116. The average molecular weight is 362 g/mol. The molecule has 0 saturated heterocycles. The van der Waals surface area contributed by atoms with Crippen molar-refractivity contribution < 1.29 is 9.18 Å². The normalized spacial score (nSPS) is 20.5. The number of ketones is 1. The third-order valence-corrected chi connectivity index (χ3v) is 4.79. The molecule has 22 heavy (non-hydrogen) atoms. The Labute approximate surface area is 135 Å². The van der Waals surface area contributed by atoms with E-state index in [-0.39, 0.29) is 17.6 Å². The van der Waals surface area contributed by atoms with E-state index in [4.69, 9.17) is 0 Å². The van der Waals surface area contributed by atoms with Crippen LogP contribution in [-0.4, -0.2) is 15.6 Å². The van der Waals surface area contributed by atoms with Crippen molar-refractivity contribution in [2.45, 2.75) is 25.3 Å². The number of anilines is 1. The molecule has 6 heteroatoms. The van der Waals surface area contributed by atoms with Crippen LogP contribution in [0.25, 0.3) is 0 Å². The zero-order valence-corrected chi connectivity index (χ0v) is 13.2. The van der Waals surface area contributed by atoms with Gasteiger partial charge in [-0.05, 0) is 46.5 Å². The van der Waals surface area contributed by atoms with Crippen molar-refractivity contribution >= 4 is 27.5 Å². The van der Waals surface area contributed by atoms with E-state index in [1.165, 1.54) is 6.07 Å². The first-order chi connectivity index (χ1) is 10.6. The summed E-state index contributed by atoms with van der Waals surface area (Å²) in [7, 11) is 0. The van der Waals surface area contributed by atoms with Crippen LogP contribution in [0.2, 0.25) is 0 Å². The summed E-state index contributed by atoms with van der Waals surface area (Å²) >= 11 is 3.23. The molecule has 0 radical (unpaired) electrons. The number of nitrogens with zero attached hydrogens (tertiary/aromatic N) is 2. The van der Waals surface area contributed by atoms with E-state index < -0.39 is 0 Å². The van der Waals surface area contributed by atoms with Crippen LogP contribution in [0.5, 0.6) is 0 Å². The van der Waals surface area contributed by atoms with E-state index >= 15 is 0 Å². The average Bonchev–Trinajstić information content (AvgIpc) is 2.96. The van der Waals surface area contributed by atoms with Gasteiger partial charge in [0.25, 0.3) is 0 Å². The number of carbonyl (C=O) groups is 1. The number of benzene rings is 1. The quantitative estimate of drug-likeness (QED) is 0.839. The number of fused-ring (bicyclic) bond motifs is 1. The molecular weight excluding hydrogens is 349 g/mol. The zero-order chi connectivity index (χ0) is 15.3. The summed E-state index contributed by atoms with van der Waals surface area (Å²) in [5.74, 6) is 0.682. The fourth-order valence-electron chi connectivity index (χ4n) is 3.20. The maximum absolute atomic E-state index is 13.6. The van der Waals surface area contributed by atoms with Gasteiger partial charge in [-0.15, -0.1) is 0 Å². The Morgan fingerprint density at radius 3 is 3.00 bits per heavy atom. The van der Waals surface area contributed by atoms with Gasteiger partial charge in [0.2, 0.25) is 0 Å². The SMILES string of the molecule is O=C1CCCC2=C1[C@H](c1ccc(F)c(Br)c1)n1nccc1N2. The van der Waals surface area contributed by atoms with Crippen LogP contribution >= 0.6 is 15.9 Å². The molecule has 0 amide bonds. The molecule has 2 aromatic rings. The number of halogens is 2. The van der Waals surface area contributed by atoms with E-state index in [0.29, 0.717) is 10.9 Å². The van der Waals surface area contributed by atoms with Crippen molar-refractivity contribution in [2.75, 3.05) is 5.32 Å². The van der Waals surface area contributed by atoms with Crippen molar-refractivity contribution in [2.24, 2.45) is 0 Å². The first kappa shape index (κ1) is 13.7. The van der Waals surface area contributed by atoms with Crippen LogP contribution in [-0.2, 0) is 4.79 Å². The minimum atomic E-state index is -0.317. The predicted molar refractivity (Wildman–Crippen MR) is 84.0 cm³/mol. The summed E-state index contributed by atoms with van der Waals surface area (Å²) < 4.78 is 15.7. The number of aromatic nitrogens is 2. The zero-order valence-electron chi connectivity index (χ0n) is 11.6. The maximum atomic E-state index is 13.6. The molecule has 4 nitrogen and oxygen atoms in total. The van der Waals surface area contributed by atoms with Gasteiger partial charge in [-0.2, -0.15) is 5.10 Å². The molecule has 0 bridgehead atoms. The lowest BCUT2D eigenvalue weighted by Gasteiger charge is -2.33. The summed E-state index contributed by atoms with van der Waals surface area (Å²) in [5, 5.41) is 7.66. The topological polar surface area (TPSA) is 46.9 Å². The molecule has 0 saturated carbocycles. The largest absolute Gasteiger partial charge is 0.343 e. The van der Waals surface area contributed by atoms with Gasteiger partial charge in [0, 0.05) is 23.8 Å². The second kappa shape index (κ2) is 5.05. The highest BCUT2D eigenvalue weighted by molar-refractivity contribution is 9.10. The van der Waals surface area contributed by atoms with Crippen LogP contribution in [0.15, 0.2) is 46.2 Å². The molecular formula is C16H13BrFN3O. The Balaban J connectivity index is 1.92. The Hall–Kier alpha value is -1.95. The Bertz CT molecular complexity index is 811. The van der Waals surface area contributed by atoms with Gasteiger partial charge in [0.05, 0.1) is 10.7 Å². The minimum absolute atomic E-state index is 0.139. The van der Waals surface area contributed by atoms with E-state index in [1.807, 2.05) is 6.07 Å². The first-order valence-electron chi connectivity index (χ1n) is 7.17. The van der Waals surface area contributed by atoms with Crippen molar-refractivity contribution in [1.82, 2.24) is 9.78 Å². The fourth-order valence-corrected chi connectivity index (χ4v) is 3.59. The molecule has 1 aromatic carbocycles. The van der Waals surface area contributed by atoms with Crippen LogP contribution in [0.1, 0.15) is 30.9 Å². The van der Waals surface area contributed by atoms with E-state index in [9.17, 15) is 9.18 Å². The number of Topliss-reactive ketones (excluding diaryl/α,β-unsaturated/α-hetero) is 1. The number of carbonyl (C=O) groups excluding carboxylic acids is 1. The van der Waals surface area contributed by atoms with Gasteiger partial charge in [-0.1, -0.05) is 6.07 Å². The van der Waals surface area contributed by atoms with Crippen LogP contribution in [0.3, 0.4) is 0 Å². The number of rotatable bonds is 1. The summed E-state index contributed by atoms with van der Waals surface area (Å²) in [6.07, 6.45) is 3.97. The Morgan fingerprint density at radius 1 is 1.32 bits per heavy atom. The third-order valence-electron chi connectivity index (χ3n) is 4.18. The van der Waals surface area contributed by atoms with E-state index in [0.717, 1.165) is 35.5 Å². The molecule has 1 aliphatic heterocycles. The second-order valence-electron chi connectivity index (χ2n) is 5.53. The van der Waals surface area contributed by atoms with Gasteiger partial charge in [0.1, 0.15) is 17.7 Å². The molecule has 0 fully saturated rings. The molecule has 4 rings (SSSR count). The summed E-state index contributed by atoms with van der Waals surface area (Å²) in [6.45, 7) is 0. The predicted octanol–water partition coefficient (Wildman–Crippen LogP) is 3.81. The second-order valence-corrected chi connectivity index (χ2v) is 6.39. The number of hydrogen-bond acceptors (Lipinski definition) is 3. The molecule has 1 aromatic heterocycles. The van der Waals surface area contributed by atoms with Gasteiger partial charge in [-0.3, -0.25) is 4.79 Å². The highest BCUT2D eigenvalue weighted by atomic mass is 79.9. The van der Waals surface area contributed by atoms with Gasteiger partial charge >= 0.3 is 0 Å². The fraction of sp³-hybridized carbons (Fsp3) is 0.250. The summed E-state index contributed by atoms with van der Waals surface area (Å²) in [5.41, 5.74) is 2.57. The molecule has 1 aliphatic carbocycles. The molecule has 1 atom stereocenters. The van der Waals surface area contributed by atoms with Crippen LogP contribution in [0, 0.1) is 5.82 Å². The standard InChI is InChI=1S/C16H13BrFN3O/c17-10-8-9(4-5-11(10)18)16-15-12(2-1-3-13(15)22)20-14-6-7-19-21(14)16/h4-8,16,20H,1-3H2/t16-/m0/s1. The molecule has 0 spiro atoms. The minimum Gasteiger partial charge on any atom is -0.343 e. The summed E-state index contributed by atoms with van der Waals surface area (Å²) in [6, 6.07) is 6.44. The number of nitrogens with one attached hydrogen (secondary N) is 1. The molecule has 112 valence electrons. The highest BCUT2D eigenvalue weighted by Crippen LogP contribution is 2.40.